The number of hydrogen-bond donors (Lipinski definition) is 2. The Bertz CT molecular complexity index is 808. The van der Waals surface area contributed by atoms with Crippen LogP contribution < -0.4 is 5.32 Å². The Morgan fingerprint density at radius 1 is 1.17 bits per heavy atom. The summed E-state index contributed by atoms with van der Waals surface area (Å²) in [6, 6.07) is 15.3. The smallest absolute Gasteiger partial charge is 0.139 e. The molecule has 0 saturated carbocycles. The van der Waals surface area contributed by atoms with E-state index in [2.05, 4.69) is 63.5 Å². The fraction of sp³-hybridized carbons (Fsp3) is 0.316. The van der Waals surface area contributed by atoms with Gasteiger partial charge >= 0.3 is 0 Å². The van der Waals surface area contributed by atoms with Gasteiger partial charge in [0.05, 0.1) is 0 Å². The van der Waals surface area contributed by atoms with Crippen LogP contribution in [-0.4, -0.2) is 34.0 Å². The Kier molecular flexibility index (Phi) is 3.75. The lowest BCUT2D eigenvalue weighted by Gasteiger charge is -2.31. The van der Waals surface area contributed by atoms with Gasteiger partial charge in [-0.1, -0.05) is 24.3 Å². The van der Waals surface area contributed by atoms with Crippen LogP contribution in [0.1, 0.15) is 18.1 Å². The van der Waals surface area contributed by atoms with E-state index in [-0.39, 0.29) is 0 Å². The number of fused-ring (bicyclic) bond motifs is 2. The molecule has 2 aromatic heterocycles. The molecule has 3 aromatic rings. The molecular weight excluding hydrogens is 284 g/mol. The minimum Gasteiger partial charge on any atom is -0.366 e. The Hall–Kier alpha value is -2.33. The molecule has 1 aliphatic heterocycles. The monoisotopic (exact) mass is 306 g/mol. The van der Waals surface area contributed by atoms with Gasteiger partial charge < -0.3 is 10.3 Å². The highest BCUT2D eigenvalue weighted by atomic mass is 15.2. The van der Waals surface area contributed by atoms with Gasteiger partial charge in [-0.25, -0.2) is 4.98 Å². The van der Waals surface area contributed by atoms with Gasteiger partial charge in [-0.05, 0) is 42.7 Å². The lowest BCUT2D eigenvalue weighted by molar-refractivity contribution is 0.247. The number of nitrogens with one attached hydrogen (secondary N) is 2. The van der Waals surface area contributed by atoms with Crippen LogP contribution in [0.25, 0.3) is 11.0 Å². The van der Waals surface area contributed by atoms with E-state index in [9.17, 15) is 0 Å². The molecule has 1 aromatic carbocycles. The average Bonchev–Trinajstić information content (AvgIpc) is 3.02. The second-order valence-corrected chi connectivity index (χ2v) is 6.41. The van der Waals surface area contributed by atoms with Crippen molar-refractivity contribution in [3.05, 3.63) is 59.8 Å². The molecule has 0 bridgehead atoms. The molecule has 4 heteroatoms. The fourth-order valence-corrected chi connectivity index (χ4v) is 3.41. The first-order valence-electron chi connectivity index (χ1n) is 8.28. The van der Waals surface area contributed by atoms with E-state index in [1.165, 1.54) is 11.1 Å². The molecule has 118 valence electrons. The largest absolute Gasteiger partial charge is 0.366 e. The van der Waals surface area contributed by atoms with E-state index in [0.717, 1.165) is 42.9 Å². The van der Waals surface area contributed by atoms with E-state index in [1.54, 1.807) is 0 Å². The third-order valence-corrected chi connectivity index (χ3v) is 4.55. The van der Waals surface area contributed by atoms with Gasteiger partial charge in [0.1, 0.15) is 11.5 Å². The third-order valence-electron chi connectivity index (χ3n) is 4.55. The molecule has 4 nitrogen and oxygen atoms in total. The molecule has 23 heavy (non-hydrogen) atoms. The lowest BCUT2D eigenvalue weighted by atomic mass is 10.00. The van der Waals surface area contributed by atoms with Crippen LogP contribution in [0.4, 0.5) is 5.82 Å². The molecule has 0 radical (unpaired) electrons. The summed E-state index contributed by atoms with van der Waals surface area (Å²) in [6.07, 6.45) is 3.08. The topological polar surface area (TPSA) is 44.0 Å². The number of anilines is 1. The number of benzene rings is 1. The summed E-state index contributed by atoms with van der Waals surface area (Å²) >= 11 is 0. The molecule has 1 atom stereocenters. The molecule has 4 rings (SSSR count). The summed E-state index contributed by atoms with van der Waals surface area (Å²) < 4.78 is 0. The van der Waals surface area contributed by atoms with E-state index < -0.39 is 0 Å². The standard InChI is InChI=1S/C19H22N4/c1-14(21-18-7-6-16-8-10-20-19(16)22-18)12-23-11-9-15-4-2-3-5-17(15)13-23/h2-8,10,14H,9,11-13H2,1H3,(H2,20,21,22). The SMILES string of the molecule is CC(CN1CCc2ccccc2C1)Nc1ccc2cc[nH]c2n1. The summed E-state index contributed by atoms with van der Waals surface area (Å²) in [5.74, 6) is 0.935. The zero-order valence-electron chi connectivity index (χ0n) is 13.4. The molecule has 1 aliphatic rings. The number of aromatic amines is 1. The molecule has 3 heterocycles. The van der Waals surface area contributed by atoms with Crippen molar-refractivity contribution in [2.45, 2.75) is 25.9 Å². The summed E-state index contributed by atoms with van der Waals surface area (Å²) in [4.78, 5) is 10.3. The molecule has 1 unspecified atom stereocenters. The van der Waals surface area contributed by atoms with Crippen molar-refractivity contribution >= 4 is 16.9 Å². The van der Waals surface area contributed by atoms with Crippen molar-refractivity contribution in [2.24, 2.45) is 0 Å². The maximum Gasteiger partial charge on any atom is 0.139 e. The number of nitrogens with zero attached hydrogens (tertiary/aromatic N) is 2. The molecule has 0 aliphatic carbocycles. The predicted octanol–water partition coefficient (Wildman–Crippen LogP) is 3.42. The molecule has 0 saturated heterocycles. The van der Waals surface area contributed by atoms with Gasteiger partial charge in [-0.2, -0.15) is 0 Å². The third kappa shape index (κ3) is 3.08. The van der Waals surface area contributed by atoms with Crippen LogP contribution in [0.5, 0.6) is 0 Å². The van der Waals surface area contributed by atoms with Crippen LogP contribution >= 0.6 is 0 Å². The number of hydrogen-bond acceptors (Lipinski definition) is 3. The molecule has 0 fully saturated rings. The van der Waals surface area contributed by atoms with Crippen LogP contribution in [-0.2, 0) is 13.0 Å². The van der Waals surface area contributed by atoms with E-state index in [1.807, 2.05) is 12.3 Å². The van der Waals surface area contributed by atoms with Crippen LogP contribution in [0, 0.1) is 0 Å². The minimum atomic E-state index is 0.361. The van der Waals surface area contributed by atoms with Crippen molar-refractivity contribution in [2.75, 3.05) is 18.4 Å². The number of pyridine rings is 1. The molecular formula is C19H22N4. The Morgan fingerprint density at radius 3 is 2.96 bits per heavy atom. The number of rotatable bonds is 4. The summed E-state index contributed by atoms with van der Waals surface area (Å²) in [7, 11) is 0. The lowest BCUT2D eigenvalue weighted by Crippen LogP contribution is -2.38. The summed E-state index contributed by atoms with van der Waals surface area (Å²) in [6.45, 7) is 5.43. The first-order chi connectivity index (χ1) is 11.3. The van der Waals surface area contributed by atoms with E-state index in [4.69, 9.17) is 0 Å². The molecule has 0 spiro atoms. The summed E-state index contributed by atoms with van der Waals surface area (Å²) in [5, 5.41) is 4.67. The normalized spacial score (nSPS) is 16.2. The fourth-order valence-electron chi connectivity index (χ4n) is 3.41. The van der Waals surface area contributed by atoms with E-state index >= 15 is 0 Å². The van der Waals surface area contributed by atoms with Gasteiger partial charge in [0.15, 0.2) is 0 Å². The maximum atomic E-state index is 4.62. The van der Waals surface area contributed by atoms with Gasteiger partial charge in [0.2, 0.25) is 0 Å². The van der Waals surface area contributed by atoms with Crippen molar-refractivity contribution in [1.82, 2.24) is 14.9 Å². The Labute approximate surface area is 136 Å². The van der Waals surface area contributed by atoms with Crippen molar-refractivity contribution in [1.29, 1.82) is 0 Å². The van der Waals surface area contributed by atoms with Gasteiger partial charge in [0, 0.05) is 37.3 Å². The molecule has 2 N–H and O–H groups in total. The van der Waals surface area contributed by atoms with Crippen molar-refractivity contribution in [3.8, 4) is 0 Å². The molecule has 0 amide bonds. The van der Waals surface area contributed by atoms with Crippen LogP contribution in [0.2, 0.25) is 0 Å². The van der Waals surface area contributed by atoms with Crippen LogP contribution in [0.15, 0.2) is 48.7 Å². The van der Waals surface area contributed by atoms with Crippen LogP contribution in [0.3, 0.4) is 0 Å². The number of H-pyrrole nitrogens is 1. The zero-order valence-corrected chi connectivity index (χ0v) is 13.4. The van der Waals surface area contributed by atoms with E-state index in [0.29, 0.717) is 6.04 Å². The highest BCUT2D eigenvalue weighted by molar-refractivity contribution is 5.77. The van der Waals surface area contributed by atoms with Gasteiger partial charge in [0.25, 0.3) is 0 Å². The highest BCUT2D eigenvalue weighted by Gasteiger charge is 2.17. The predicted molar refractivity (Wildman–Crippen MR) is 94.6 cm³/mol. The second-order valence-electron chi connectivity index (χ2n) is 6.41. The maximum absolute atomic E-state index is 4.62. The minimum absolute atomic E-state index is 0.361. The Balaban J connectivity index is 1.39. The van der Waals surface area contributed by atoms with Gasteiger partial charge in [-0.3, -0.25) is 4.90 Å². The van der Waals surface area contributed by atoms with Crippen molar-refractivity contribution in [3.63, 3.8) is 0 Å². The summed E-state index contributed by atoms with van der Waals surface area (Å²) in [5.41, 5.74) is 3.91. The van der Waals surface area contributed by atoms with Gasteiger partial charge in [-0.15, -0.1) is 0 Å². The second kappa shape index (κ2) is 6.05. The first kappa shape index (κ1) is 14.3. The average molecular weight is 306 g/mol. The van der Waals surface area contributed by atoms with Crippen molar-refractivity contribution < 1.29 is 0 Å². The Morgan fingerprint density at radius 2 is 2.04 bits per heavy atom. The number of aromatic nitrogens is 2. The quantitative estimate of drug-likeness (QED) is 0.776. The highest BCUT2D eigenvalue weighted by Crippen LogP contribution is 2.19. The first-order valence-corrected chi connectivity index (χ1v) is 8.28. The zero-order chi connectivity index (χ0) is 15.6.